The zero-order chi connectivity index (χ0) is 18.8. The minimum Gasteiger partial charge on any atom is -0.293 e. The van der Waals surface area contributed by atoms with Crippen molar-refractivity contribution in [1.29, 1.82) is 0 Å². The quantitative estimate of drug-likeness (QED) is 0.637. The van der Waals surface area contributed by atoms with Gasteiger partial charge >= 0.3 is 0 Å². The third kappa shape index (κ3) is 3.66. The maximum Gasteiger partial charge on any atom is 0.275 e. The van der Waals surface area contributed by atoms with Gasteiger partial charge in [0, 0.05) is 22.3 Å². The number of nitrogens with zero attached hydrogens (tertiary/aromatic N) is 4. The summed E-state index contributed by atoms with van der Waals surface area (Å²) in [4.78, 5) is 33.0. The van der Waals surface area contributed by atoms with Crippen LogP contribution >= 0.6 is 25.2 Å². The lowest BCUT2D eigenvalue weighted by molar-refractivity contribution is -0.117. The monoisotopic (exact) mass is 433 g/mol. The van der Waals surface area contributed by atoms with Gasteiger partial charge in [0.25, 0.3) is 5.56 Å². The maximum atomic E-state index is 12.8. The molecule has 0 fully saturated rings. The Hall–Kier alpha value is -2.18. The molecule has 0 spiro atoms. The standard InChI is InChI=1S/C17H17BrN5O2P/c1-9(2)14-13-10(4-5-11(18)15(13)26)16(25)23(22-14)8-12(24)21-17-19-6-3-7-20-17/h3-7,9H,8,26H2,1-2H3,(H,19,20,21,24). The smallest absolute Gasteiger partial charge is 0.275 e. The molecule has 0 bridgehead atoms. The van der Waals surface area contributed by atoms with E-state index < -0.39 is 5.91 Å². The van der Waals surface area contributed by atoms with Gasteiger partial charge in [-0.15, -0.1) is 9.24 Å². The van der Waals surface area contributed by atoms with Gasteiger partial charge in [0.1, 0.15) is 6.54 Å². The van der Waals surface area contributed by atoms with E-state index in [2.05, 4.69) is 45.6 Å². The first-order valence-electron chi connectivity index (χ1n) is 7.94. The molecule has 0 aliphatic heterocycles. The van der Waals surface area contributed by atoms with Crippen molar-refractivity contribution < 1.29 is 4.79 Å². The van der Waals surface area contributed by atoms with Gasteiger partial charge in [-0.1, -0.05) is 29.8 Å². The average molecular weight is 434 g/mol. The second-order valence-corrected chi connectivity index (χ2v) is 7.44. The molecule has 0 saturated carbocycles. The molecule has 134 valence electrons. The topological polar surface area (TPSA) is 89.8 Å². The van der Waals surface area contributed by atoms with Gasteiger partial charge in [-0.2, -0.15) is 5.10 Å². The molecule has 0 aliphatic rings. The van der Waals surface area contributed by atoms with E-state index in [0.717, 1.165) is 20.9 Å². The average Bonchev–Trinajstić information content (AvgIpc) is 2.61. The molecule has 2 heterocycles. The fraction of sp³-hybridized carbons (Fsp3) is 0.235. The van der Waals surface area contributed by atoms with Crippen molar-refractivity contribution in [1.82, 2.24) is 19.7 Å². The minimum absolute atomic E-state index is 0.0819. The third-order valence-corrected chi connectivity index (χ3v) is 5.51. The number of hydrogen-bond donors (Lipinski definition) is 1. The SMILES string of the molecule is CC(C)c1nn(CC(=O)Nc2ncccn2)c(=O)c2ccc(Br)c(P)c12. The Labute approximate surface area is 160 Å². The second kappa shape index (κ2) is 7.60. The number of hydrogen-bond acceptors (Lipinski definition) is 5. The van der Waals surface area contributed by atoms with Gasteiger partial charge < -0.3 is 0 Å². The Kier molecular flexibility index (Phi) is 5.44. The van der Waals surface area contributed by atoms with Gasteiger partial charge in [0.15, 0.2) is 0 Å². The number of rotatable bonds is 4. The molecule has 3 rings (SSSR count). The van der Waals surface area contributed by atoms with E-state index in [0.29, 0.717) is 5.39 Å². The molecule has 0 radical (unpaired) electrons. The van der Waals surface area contributed by atoms with E-state index in [1.807, 2.05) is 19.9 Å². The molecule has 26 heavy (non-hydrogen) atoms. The van der Waals surface area contributed by atoms with E-state index in [9.17, 15) is 9.59 Å². The number of fused-ring (bicyclic) bond motifs is 1. The number of benzene rings is 1. The Morgan fingerprint density at radius 1 is 1.31 bits per heavy atom. The molecule has 1 unspecified atom stereocenters. The fourth-order valence-corrected chi connectivity index (χ4v) is 3.32. The lowest BCUT2D eigenvalue weighted by Gasteiger charge is -2.15. The second-order valence-electron chi connectivity index (χ2n) is 6.01. The Morgan fingerprint density at radius 2 is 2.00 bits per heavy atom. The van der Waals surface area contributed by atoms with Crippen molar-refractivity contribution in [2.24, 2.45) is 0 Å². The molecule has 9 heteroatoms. The van der Waals surface area contributed by atoms with Crippen LogP contribution in [-0.4, -0.2) is 25.7 Å². The highest BCUT2D eigenvalue weighted by Crippen LogP contribution is 2.24. The molecule has 0 aliphatic carbocycles. The summed E-state index contributed by atoms with van der Waals surface area (Å²) < 4.78 is 2.07. The number of nitrogens with one attached hydrogen (secondary N) is 1. The van der Waals surface area contributed by atoms with Crippen molar-refractivity contribution in [3.8, 4) is 0 Å². The van der Waals surface area contributed by atoms with Gasteiger partial charge in [-0.25, -0.2) is 14.6 Å². The lowest BCUT2D eigenvalue weighted by atomic mass is 10.0. The van der Waals surface area contributed by atoms with Crippen LogP contribution in [0.15, 0.2) is 39.9 Å². The molecule has 1 amide bonds. The summed E-state index contributed by atoms with van der Waals surface area (Å²) in [5, 5.41) is 9.22. The molecule has 1 atom stereocenters. The van der Waals surface area contributed by atoms with Crippen molar-refractivity contribution in [3.63, 3.8) is 0 Å². The molecule has 1 N–H and O–H groups in total. The summed E-state index contributed by atoms with van der Waals surface area (Å²) in [5.74, 6) is -0.145. The molecule has 7 nitrogen and oxygen atoms in total. The first kappa shape index (κ1) is 18.6. The molecular weight excluding hydrogens is 417 g/mol. The predicted octanol–water partition coefficient (Wildman–Crippen LogP) is 2.21. The van der Waals surface area contributed by atoms with E-state index in [1.54, 1.807) is 12.1 Å². The van der Waals surface area contributed by atoms with E-state index in [1.165, 1.54) is 17.1 Å². The minimum atomic E-state index is -0.414. The van der Waals surface area contributed by atoms with Crippen molar-refractivity contribution in [3.05, 3.63) is 51.1 Å². The number of aromatic nitrogens is 4. The lowest BCUT2D eigenvalue weighted by Crippen LogP contribution is -2.32. The molecule has 2 aromatic heterocycles. The molecular formula is C17H17BrN5O2P. The van der Waals surface area contributed by atoms with Crippen LogP contribution in [-0.2, 0) is 11.3 Å². The molecule has 1 aromatic carbocycles. The highest BCUT2D eigenvalue weighted by atomic mass is 79.9. The van der Waals surface area contributed by atoms with Crippen molar-refractivity contribution >= 4 is 53.1 Å². The van der Waals surface area contributed by atoms with Gasteiger partial charge in [-0.05, 0) is 29.4 Å². The summed E-state index contributed by atoms with van der Waals surface area (Å²) in [7, 11) is 2.65. The van der Waals surface area contributed by atoms with Crippen LogP contribution in [0.5, 0.6) is 0 Å². The van der Waals surface area contributed by atoms with Crippen LogP contribution in [0.25, 0.3) is 10.8 Å². The normalized spacial score (nSPS) is 11.1. The third-order valence-electron chi connectivity index (χ3n) is 3.80. The van der Waals surface area contributed by atoms with Crippen LogP contribution < -0.4 is 16.2 Å². The molecule has 0 saturated heterocycles. The zero-order valence-corrected chi connectivity index (χ0v) is 17.0. The number of carbonyl (C=O) groups excluding carboxylic acids is 1. The van der Waals surface area contributed by atoms with E-state index in [-0.39, 0.29) is 24.0 Å². The zero-order valence-electron chi connectivity index (χ0n) is 14.2. The van der Waals surface area contributed by atoms with Crippen molar-refractivity contribution in [2.45, 2.75) is 26.3 Å². The first-order chi connectivity index (χ1) is 12.4. The summed E-state index contributed by atoms with van der Waals surface area (Å²) in [6, 6.07) is 5.22. The van der Waals surface area contributed by atoms with Gasteiger partial charge in [-0.3, -0.25) is 14.9 Å². The van der Waals surface area contributed by atoms with Crippen LogP contribution in [0.2, 0.25) is 0 Å². The maximum absolute atomic E-state index is 12.8. The van der Waals surface area contributed by atoms with E-state index in [4.69, 9.17) is 0 Å². The Balaban J connectivity index is 2.04. The highest BCUT2D eigenvalue weighted by molar-refractivity contribution is 9.10. The summed E-state index contributed by atoms with van der Waals surface area (Å²) >= 11 is 3.48. The largest absolute Gasteiger partial charge is 0.293 e. The number of carbonyl (C=O) groups is 1. The fourth-order valence-electron chi connectivity index (χ4n) is 2.59. The first-order valence-corrected chi connectivity index (χ1v) is 9.31. The van der Waals surface area contributed by atoms with Crippen LogP contribution in [0, 0.1) is 0 Å². The highest BCUT2D eigenvalue weighted by Gasteiger charge is 2.18. The van der Waals surface area contributed by atoms with Crippen LogP contribution in [0.1, 0.15) is 25.5 Å². The summed E-state index contributed by atoms with van der Waals surface area (Å²) in [6.45, 7) is 3.79. The van der Waals surface area contributed by atoms with Gasteiger partial charge in [0.05, 0.1) is 11.1 Å². The number of halogens is 1. The van der Waals surface area contributed by atoms with Crippen LogP contribution in [0.3, 0.4) is 0 Å². The summed E-state index contributed by atoms with van der Waals surface area (Å²) in [6.07, 6.45) is 3.05. The number of amides is 1. The Bertz CT molecular complexity index is 1040. The number of anilines is 1. The Morgan fingerprint density at radius 3 is 2.65 bits per heavy atom. The van der Waals surface area contributed by atoms with Crippen molar-refractivity contribution in [2.75, 3.05) is 5.32 Å². The predicted molar refractivity (Wildman–Crippen MR) is 108 cm³/mol. The summed E-state index contributed by atoms with van der Waals surface area (Å²) in [5.41, 5.74) is 0.444. The van der Waals surface area contributed by atoms with E-state index >= 15 is 0 Å². The van der Waals surface area contributed by atoms with Crippen LogP contribution in [0.4, 0.5) is 5.95 Å². The van der Waals surface area contributed by atoms with Gasteiger partial charge in [0.2, 0.25) is 11.9 Å². The molecule has 3 aromatic rings.